The van der Waals surface area contributed by atoms with Gasteiger partial charge >= 0.3 is 0 Å². The van der Waals surface area contributed by atoms with E-state index in [1.165, 1.54) is 54.9 Å². The summed E-state index contributed by atoms with van der Waals surface area (Å²) in [6, 6.07) is 39.3. The Morgan fingerprint density at radius 2 is 1.03 bits per heavy atom. The summed E-state index contributed by atoms with van der Waals surface area (Å²) in [4.78, 5) is 4.35. The molecule has 5 aromatic carbocycles. The molecule has 0 aliphatic rings. The molecule has 1 aromatic heterocycles. The largest absolute Gasteiger partial charge is 0.264 e. The van der Waals surface area contributed by atoms with Crippen molar-refractivity contribution in [2.24, 2.45) is 0 Å². The van der Waals surface area contributed by atoms with Gasteiger partial charge in [0.05, 0.1) is 0 Å². The zero-order valence-corrected chi connectivity index (χ0v) is 18.5. The molecule has 33 heavy (non-hydrogen) atoms. The summed E-state index contributed by atoms with van der Waals surface area (Å²) in [6.07, 6.45) is 3.76. The molecule has 0 saturated carbocycles. The lowest BCUT2D eigenvalue weighted by Gasteiger charge is -2.19. The topological polar surface area (TPSA) is 12.9 Å². The van der Waals surface area contributed by atoms with E-state index in [0.717, 1.165) is 5.56 Å². The van der Waals surface area contributed by atoms with Gasteiger partial charge in [0.25, 0.3) is 0 Å². The molecule has 0 bridgehead atoms. The van der Waals surface area contributed by atoms with E-state index in [1.807, 2.05) is 18.5 Å². The zero-order chi connectivity index (χ0) is 22.2. The summed E-state index contributed by atoms with van der Waals surface area (Å²) in [5.74, 6) is 0. The molecule has 0 spiro atoms. The molecule has 0 aliphatic carbocycles. The standard InChI is InChI=1S/C32H23N/c1-22-14-16-27-29(19-22)31(23-9-4-2-5-10-23)28-17-15-25(26-13-8-18-33-21-26)20-30(28)32(27)24-11-6-3-7-12-24/h2-21H,1H3. The molecular weight excluding hydrogens is 398 g/mol. The molecule has 0 N–H and O–H groups in total. The van der Waals surface area contributed by atoms with Gasteiger partial charge in [0.2, 0.25) is 0 Å². The Labute approximate surface area is 194 Å². The molecule has 0 amide bonds. The van der Waals surface area contributed by atoms with E-state index >= 15 is 0 Å². The average Bonchev–Trinajstić information content (AvgIpc) is 2.88. The van der Waals surface area contributed by atoms with Crippen LogP contribution >= 0.6 is 0 Å². The van der Waals surface area contributed by atoms with Crippen LogP contribution in [0.4, 0.5) is 0 Å². The van der Waals surface area contributed by atoms with E-state index in [0.29, 0.717) is 0 Å². The number of hydrogen-bond acceptors (Lipinski definition) is 1. The highest BCUT2D eigenvalue weighted by atomic mass is 14.6. The first-order valence-corrected chi connectivity index (χ1v) is 11.3. The maximum atomic E-state index is 4.35. The maximum absolute atomic E-state index is 4.35. The van der Waals surface area contributed by atoms with Crippen LogP contribution in [0.5, 0.6) is 0 Å². The van der Waals surface area contributed by atoms with Crippen molar-refractivity contribution in [3.05, 3.63) is 127 Å². The van der Waals surface area contributed by atoms with Gasteiger partial charge in [-0.3, -0.25) is 4.98 Å². The quantitative estimate of drug-likeness (QED) is 0.260. The summed E-state index contributed by atoms with van der Waals surface area (Å²) < 4.78 is 0. The summed E-state index contributed by atoms with van der Waals surface area (Å²) in [5.41, 5.74) is 8.63. The van der Waals surface area contributed by atoms with Crippen LogP contribution in [0.25, 0.3) is 54.9 Å². The van der Waals surface area contributed by atoms with Crippen LogP contribution in [0.15, 0.2) is 122 Å². The molecular formula is C32H23N. The lowest BCUT2D eigenvalue weighted by molar-refractivity contribution is 1.33. The summed E-state index contributed by atoms with van der Waals surface area (Å²) in [6.45, 7) is 2.17. The molecule has 1 nitrogen and oxygen atoms in total. The van der Waals surface area contributed by atoms with E-state index in [2.05, 4.69) is 115 Å². The number of rotatable bonds is 3. The van der Waals surface area contributed by atoms with Gasteiger partial charge in [0, 0.05) is 18.0 Å². The number of pyridine rings is 1. The molecule has 0 fully saturated rings. The van der Waals surface area contributed by atoms with Gasteiger partial charge in [-0.05, 0) is 68.4 Å². The van der Waals surface area contributed by atoms with Crippen LogP contribution in [-0.4, -0.2) is 4.98 Å². The van der Waals surface area contributed by atoms with E-state index < -0.39 is 0 Å². The van der Waals surface area contributed by atoms with E-state index in [9.17, 15) is 0 Å². The zero-order valence-electron chi connectivity index (χ0n) is 18.5. The molecule has 0 atom stereocenters. The van der Waals surface area contributed by atoms with Crippen molar-refractivity contribution >= 4 is 21.5 Å². The number of fused-ring (bicyclic) bond motifs is 2. The monoisotopic (exact) mass is 421 g/mol. The highest BCUT2D eigenvalue weighted by Gasteiger charge is 2.17. The van der Waals surface area contributed by atoms with Gasteiger partial charge in [-0.15, -0.1) is 0 Å². The van der Waals surface area contributed by atoms with Crippen molar-refractivity contribution in [2.45, 2.75) is 6.92 Å². The second kappa shape index (κ2) is 8.03. The average molecular weight is 422 g/mol. The van der Waals surface area contributed by atoms with Crippen LogP contribution in [0.1, 0.15) is 5.56 Å². The minimum absolute atomic E-state index is 1.13. The minimum Gasteiger partial charge on any atom is -0.264 e. The van der Waals surface area contributed by atoms with Crippen LogP contribution in [-0.2, 0) is 0 Å². The highest BCUT2D eigenvalue weighted by molar-refractivity contribution is 6.22. The van der Waals surface area contributed by atoms with Crippen LogP contribution in [0, 0.1) is 6.92 Å². The normalized spacial score (nSPS) is 11.2. The predicted octanol–water partition coefficient (Wildman–Crippen LogP) is 8.70. The third kappa shape index (κ3) is 3.39. The molecule has 0 aliphatic heterocycles. The molecule has 0 saturated heterocycles. The first kappa shape index (κ1) is 19.5. The van der Waals surface area contributed by atoms with Crippen LogP contribution in [0.3, 0.4) is 0 Å². The molecule has 0 unspecified atom stereocenters. The third-order valence-electron chi connectivity index (χ3n) is 6.39. The molecule has 1 heterocycles. The number of hydrogen-bond donors (Lipinski definition) is 0. The van der Waals surface area contributed by atoms with Crippen molar-refractivity contribution in [2.75, 3.05) is 0 Å². The Balaban J connectivity index is 1.81. The van der Waals surface area contributed by atoms with E-state index in [-0.39, 0.29) is 0 Å². The minimum atomic E-state index is 1.13. The van der Waals surface area contributed by atoms with Crippen molar-refractivity contribution in [1.29, 1.82) is 0 Å². The van der Waals surface area contributed by atoms with Gasteiger partial charge < -0.3 is 0 Å². The summed E-state index contributed by atoms with van der Waals surface area (Å²) in [5, 5.41) is 5.10. The van der Waals surface area contributed by atoms with Crippen LogP contribution in [0.2, 0.25) is 0 Å². The van der Waals surface area contributed by atoms with E-state index in [1.54, 1.807) is 0 Å². The van der Waals surface area contributed by atoms with Crippen LogP contribution < -0.4 is 0 Å². The second-order valence-corrected chi connectivity index (χ2v) is 8.53. The number of nitrogens with zero attached hydrogens (tertiary/aromatic N) is 1. The highest BCUT2D eigenvalue weighted by Crippen LogP contribution is 2.44. The molecule has 6 aromatic rings. The number of benzene rings is 5. The smallest absolute Gasteiger partial charge is 0.0346 e. The molecule has 0 radical (unpaired) electrons. The van der Waals surface area contributed by atoms with Crippen molar-refractivity contribution in [3.8, 4) is 33.4 Å². The van der Waals surface area contributed by atoms with Crippen molar-refractivity contribution in [3.63, 3.8) is 0 Å². The lowest BCUT2D eigenvalue weighted by Crippen LogP contribution is -1.92. The van der Waals surface area contributed by atoms with Gasteiger partial charge in [-0.2, -0.15) is 0 Å². The van der Waals surface area contributed by atoms with Gasteiger partial charge in [0.15, 0.2) is 0 Å². The summed E-state index contributed by atoms with van der Waals surface area (Å²) >= 11 is 0. The Bertz CT molecular complexity index is 1580. The first-order chi connectivity index (χ1) is 16.3. The molecule has 156 valence electrons. The first-order valence-electron chi connectivity index (χ1n) is 11.3. The lowest BCUT2D eigenvalue weighted by atomic mass is 9.84. The third-order valence-corrected chi connectivity index (χ3v) is 6.39. The predicted molar refractivity (Wildman–Crippen MR) is 140 cm³/mol. The Morgan fingerprint density at radius 3 is 1.64 bits per heavy atom. The fourth-order valence-corrected chi connectivity index (χ4v) is 4.89. The Hall–Kier alpha value is -4.23. The fraction of sp³-hybridized carbons (Fsp3) is 0.0312. The van der Waals surface area contributed by atoms with Gasteiger partial charge in [-0.25, -0.2) is 0 Å². The Morgan fingerprint density at radius 1 is 0.455 bits per heavy atom. The van der Waals surface area contributed by atoms with E-state index in [4.69, 9.17) is 0 Å². The Kier molecular flexibility index (Phi) is 4.74. The second-order valence-electron chi connectivity index (χ2n) is 8.53. The molecule has 6 rings (SSSR count). The number of aromatic nitrogens is 1. The van der Waals surface area contributed by atoms with Crippen molar-refractivity contribution < 1.29 is 0 Å². The maximum Gasteiger partial charge on any atom is 0.0346 e. The number of aryl methyl sites for hydroxylation is 1. The summed E-state index contributed by atoms with van der Waals surface area (Å²) in [7, 11) is 0. The fourth-order valence-electron chi connectivity index (χ4n) is 4.89. The SMILES string of the molecule is Cc1ccc2c(-c3ccccc3)c3cc(-c4cccnc4)ccc3c(-c3ccccc3)c2c1. The van der Waals surface area contributed by atoms with Gasteiger partial charge in [-0.1, -0.05) is 103 Å². The van der Waals surface area contributed by atoms with Gasteiger partial charge in [0.1, 0.15) is 0 Å². The molecule has 1 heteroatoms. The van der Waals surface area contributed by atoms with Crippen molar-refractivity contribution in [1.82, 2.24) is 4.98 Å².